The van der Waals surface area contributed by atoms with Crippen molar-refractivity contribution in [2.45, 2.75) is 18.8 Å². The molecule has 74 valence electrons. The van der Waals surface area contributed by atoms with Crippen LogP contribution in [-0.2, 0) is 4.79 Å². The first-order valence-electron chi connectivity index (χ1n) is 4.47. The smallest absolute Gasteiger partial charge is 0.304 e. The third kappa shape index (κ3) is 3.01. The number of aromatic nitrogens is 1. The van der Waals surface area contributed by atoms with Crippen LogP contribution in [0.5, 0.6) is 0 Å². The van der Waals surface area contributed by atoms with E-state index in [4.69, 9.17) is 5.11 Å². The van der Waals surface area contributed by atoms with E-state index in [1.54, 1.807) is 12.3 Å². The lowest BCUT2D eigenvalue weighted by Crippen LogP contribution is -2.07. The van der Waals surface area contributed by atoms with Gasteiger partial charge in [-0.15, -0.1) is 6.58 Å². The van der Waals surface area contributed by atoms with Crippen molar-refractivity contribution in [3.05, 3.63) is 42.7 Å². The molecule has 0 bridgehead atoms. The van der Waals surface area contributed by atoms with Crippen LogP contribution in [-0.4, -0.2) is 16.1 Å². The molecule has 0 saturated carbocycles. The van der Waals surface area contributed by atoms with Crippen LogP contribution in [0, 0.1) is 0 Å². The van der Waals surface area contributed by atoms with Crippen LogP contribution in [0.25, 0.3) is 0 Å². The molecule has 0 aromatic carbocycles. The topological polar surface area (TPSA) is 50.2 Å². The zero-order chi connectivity index (χ0) is 10.4. The van der Waals surface area contributed by atoms with Crippen molar-refractivity contribution in [3.63, 3.8) is 0 Å². The molecule has 1 rings (SSSR count). The average Bonchev–Trinajstić information content (AvgIpc) is 2.18. The van der Waals surface area contributed by atoms with Gasteiger partial charge in [-0.3, -0.25) is 9.78 Å². The highest BCUT2D eigenvalue weighted by Crippen LogP contribution is 2.21. The fourth-order valence-corrected chi connectivity index (χ4v) is 1.34. The molecule has 1 unspecified atom stereocenters. The number of nitrogens with zero attached hydrogens (tertiary/aromatic N) is 1. The normalized spacial score (nSPS) is 12.0. The number of hydrogen-bond acceptors (Lipinski definition) is 2. The van der Waals surface area contributed by atoms with Gasteiger partial charge in [0, 0.05) is 17.8 Å². The molecule has 14 heavy (non-hydrogen) atoms. The molecule has 1 aromatic rings. The van der Waals surface area contributed by atoms with E-state index in [-0.39, 0.29) is 12.3 Å². The maximum atomic E-state index is 10.6. The zero-order valence-electron chi connectivity index (χ0n) is 7.89. The predicted octanol–water partition coefficient (Wildman–Crippen LogP) is 2.22. The fraction of sp³-hybridized carbons (Fsp3) is 0.273. The summed E-state index contributed by atoms with van der Waals surface area (Å²) >= 11 is 0. The van der Waals surface area contributed by atoms with E-state index in [9.17, 15) is 4.79 Å². The van der Waals surface area contributed by atoms with E-state index in [1.807, 2.05) is 18.2 Å². The highest BCUT2D eigenvalue weighted by atomic mass is 16.4. The molecule has 0 saturated heterocycles. The lowest BCUT2D eigenvalue weighted by atomic mass is 9.97. The number of pyridine rings is 1. The summed E-state index contributed by atoms with van der Waals surface area (Å²) in [4.78, 5) is 14.7. The van der Waals surface area contributed by atoms with Gasteiger partial charge in [0.15, 0.2) is 0 Å². The molecular formula is C11H13NO2. The highest BCUT2D eigenvalue weighted by molar-refractivity contribution is 5.67. The molecule has 0 spiro atoms. The van der Waals surface area contributed by atoms with Crippen molar-refractivity contribution < 1.29 is 9.90 Å². The van der Waals surface area contributed by atoms with Gasteiger partial charge in [0.1, 0.15) is 0 Å². The van der Waals surface area contributed by atoms with Crippen molar-refractivity contribution >= 4 is 5.97 Å². The minimum absolute atomic E-state index is 0.0637. The van der Waals surface area contributed by atoms with Gasteiger partial charge in [-0.2, -0.15) is 0 Å². The Morgan fingerprint density at radius 1 is 1.64 bits per heavy atom. The minimum atomic E-state index is -0.803. The minimum Gasteiger partial charge on any atom is -0.481 e. The van der Waals surface area contributed by atoms with Crippen LogP contribution in [0.1, 0.15) is 24.5 Å². The van der Waals surface area contributed by atoms with E-state index in [0.717, 1.165) is 5.69 Å². The molecule has 1 atom stereocenters. The van der Waals surface area contributed by atoms with Gasteiger partial charge in [-0.05, 0) is 18.6 Å². The first-order chi connectivity index (χ1) is 6.74. The third-order valence-corrected chi connectivity index (χ3v) is 1.98. The number of carboxylic acid groups (broad SMARTS) is 1. The first kappa shape index (κ1) is 10.4. The van der Waals surface area contributed by atoms with E-state index < -0.39 is 5.97 Å². The molecule has 1 heterocycles. The second-order valence-electron chi connectivity index (χ2n) is 3.07. The lowest BCUT2D eigenvalue weighted by Gasteiger charge is -2.11. The van der Waals surface area contributed by atoms with Crippen LogP contribution in [0.4, 0.5) is 0 Å². The van der Waals surface area contributed by atoms with E-state index in [2.05, 4.69) is 11.6 Å². The molecule has 0 radical (unpaired) electrons. The fourth-order valence-electron chi connectivity index (χ4n) is 1.34. The Balaban J connectivity index is 2.77. The number of allylic oxidation sites excluding steroid dienone is 1. The molecule has 0 fully saturated rings. The van der Waals surface area contributed by atoms with Crippen LogP contribution in [0.15, 0.2) is 37.1 Å². The number of aliphatic carboxylic acids is 1. The summed E-state index contributed by atoms with van der Waals surface area (Å²) in [5.41, 5.74) is 0.815. The number of carbonyl (C=O) groups is 1. The lowest BCUT2D eigenvalue weighted by molar-refractivity contribution is -0.137. The van der Waals surface area contributed by atoms with Crippen molar-refractivity contribution in [1.82, 2.24) is 4.98 Å². The summed E-state index contributed by atoms with van der Waals surface area (Å²) in [5, 5.41) is 8.71. The third-order valence-electron chi connectivity index (χ3n) is 1.98. The van der Waals surface area contributed by atoms with Crippen molar-refractivity contribution in [2.24, 2.45) is 0 Å². The molecule has 3 nitrogen and oxygen atoms in total. The molecule has 0 aliphatic rings. The largest absolute Gasteiger partial charge is 0.481 e. The summed E-state index contributed by atoms with van der Waals surface area (Å²) < 4.78 is 0. The molecule has 0 aliphatic carbocycles. The zero-order valence-corrected chi connectivity index (χ0v) is 7.89. The summed E-state index contributed by atoms with van der Waals surface area (Å²) in [5.74, 6) is -0.867. The number of rotatable bonds is 5. The van der Waals surface area contributed by atoms with Gasteiger partial charge in [-0.25, -0.2) is 0 Å². The molecule has 1 N–H and O–H groups in total. The van der Waals surface area contributed by atoms with Crippen LogP contribution in [0.2, 0.25) is 0 Å². The summed E-state index contributed by atoms with van der Waals surface area (Å²) in [6, 6.07) is 5.52. The van der Waals surface area contributed by atoms with Crippen molar-refractivity contribution in [2.75, 3.05) is 0 Å². The molecule has 3 heteroatoms. The SMILES string of the molecule is C=CCC(CC(=O)O)c1ccccn1. The van der Waals surface area contributed by atoms with Crippen LogP contribution >= 0.6 is 0 Å². The van der Waals surface area contributed by atoms with Gasteiger partial charge >= 0.3 is 5.97 Å². The van der Waals surface area contributed by atoms with Crippen molar-refractivity contribution in [1.29, 1.82) is 0 Å². The summed E-state index contributed by atoms with van der Waals surface area (Å²) in [7, 11) is 0. The standard InChI is InChI=1S/C11H13NO2/c1-2-5-9(8-11(13)14)10-6-3-4-7-12-10/h2-4,6-7,9H,1,5,8H2,(H,13,14). The second kappa shape index (κ2) is 5.17. The Bertz CT molecular complexity index is 308. The molecule has 1 aromatic heterocycles. The highest BCUT2D eigenvalue weighted by Gasteiger charge is 2.14. The Morgan fingerprint density at radius 2 is 2.43 bits per heavy atom. The van der Waals surface area contributed by atoms with Gasteiger partial charge in [-0.1, -0.05) is 12.1 Å². The summed E-state index contributed by atoms with van der Waals surface area (Å²) in [6.45, 7) is 3.61. The molecular weight excluding hydrogens is 178 g/mol. The first-order valence-corrected chi connectivity index (χ1v) is 4.47. The van der Waals surface area contributed by atoms with Gasteiger partial charge < -0.3 is 5.11 Å². The number of hydrogen-bond donors (Lipinski definition) is 1. The van der Waals surface area contributed by atoms with Crippen LogP contribution < -0.4 is 0 Å². The monoisotopic (exact) mass is 191 g/mol. The van der Waals surface area contributed by atoms with E-state index in [1.165, 1.54) is 0 Å². The Hall–Kier alpha value is -1.64. The van der Waals surface area contributed by atoms with E-state index >= 15 is 0 Å². The molecule has 0 amide bonds. The Morgan fingerprint density at radius 3 is 2.93 bits per heavy atom. The summed E-state index contributed by atoms with van der Waals surface area (Å²) in [6.07, 6.45) is 4.14. The van der Waals surface area contributed by atoms with Crippen LogP contribution in [0.3, 0.4) is 0 Å². The van der Waals surface area contributed by atoms with Gasteiger partial charge in [0.05, 0.1) is 6.42 Å². The average molecular weight is 191 g/mol. The second-order valence-corrected chi connectivity index (χ2v) is 3.07. The van der Waals surface area contributed by atoms with E-state index in [0.29, 0.717) is 6.42 Å². The quantitative estimate of drug-likeness (QED) is 0.726. The van der Waals surface area contributed by atoms with Crippen molar-refractivity contribution in [3.8, 4) is 0 Å². The molecule has 0 aliphatic heterocycles. The number of carboxylic acids is 1. The van der Waals surface area contributed by atoms with Gasteiger partial charge in [0.2, 0.25) is 0 Å². The van der Waals surface area contributed by atoms with Gasteiger partial charge in [0.25, 0.3) is 0 Å². The Labute approximate surface area is 83.1 Å². The maximum absolute atomic E-state index is 10.6. The predicted molar refractivity (Wildman–Crippen MR) is 54.0 cm³/mol. The Kier molecular flexibility index (Phi) is 3.85. The maximum Gasteiger partial charge on any atom is 0.304 e.